The minimum atomic E-state index is 0.143. The van der Waals surface area contributed by atoms with Crippen molar-refractivity contribution in [3.05, 3.63) is 0 Å². The summed E-state index contributed by atoms with van der Waals surface area (Å²) in [6, 6.07) is 0. The number of guanidine groups is 1. The predicted molar refractivity (Wildman–Crippen MR) is 105 cm³/mol. The first-order valence-corrected chi connectivity index (χ1v) is 9.95. The fourth-order valence-corrected chi connectivity index (χ4v) is 2.94. The average Bonchev–Trinajstić information content (AvgIpc) is 2.63. The number of hydrogen-bond donors (Lipinski definition) is 2. The quantitative estimate of drug-likeness (QED) is 0.319. The molecule has 0 aromatic carbocycles. The van der Waals surface area contributed by atoms with Gasteiger partial charge in [-0.3, -0.25) is 9.89 Å². The second-order valence-electron chi connectivity index (χ2n) is 7.29. The van der Waals surface area contributed by atoms with Gasteiger partial charge in [0, 0.05) is 32.3 Å². The largest absolute Gasteiger partial charge is 0.379 e. The third kappa shape index (κ3) is 10.0. The highest BCUT2D eigenvalue weighted by Gasteiger charge is 2.27. The number of hydrogen-bond acceptors (Lipinski definition) is 4. The van der Waals surface area contributed by atoms with E-state index >= 15 is 0 Å². The molecule has 1 saturated heterocycles. The molecule has 25 heavy (non-hydrogen) atoms. The van der Waals surface area contributed by atoms with Crippen molar-refractivity contribution in [3.63, 3.8) is 0 Å². The molecule has 0 aromatic heterocycles. The van der Waals surface area contributed by atoms with Gasteiger partial charge in [0.25, 0.3) is 0 Å². The van der Waals surface area contributed by atoms with E-state index in [0.29, 0.717) is 19.8 Å². The summed E-state index contributed by atoms with van der Waals surface area (Å²) in [6.45, 7) is 13.6. The zero-order valence-corrected chi connectivity index (χ0v) is 16.9. The van der Waals surface area contributed by atoms with Gasteiger partial charge in [0.05, 0.1) is 19.8 Å². The summed E-state index contributed by atoms with van der Waals surface area (Å²) in [5, 5.41) is 6.76. The molecule has 0 aliphatic carbocycles. The molecule has 1 rings (SSSR count). The van der Waals surface area contributed by atoms with Gasteiger partial charge in [0.2, 0.25) is 0 Å². The van der Waals surface area contributed by atoms with E-state index in [1.54, 1.807) is 0 Å². The summed E-state index contributed by atoms with van der Waals surface area (Å²) < 4.78 is 11.0. The first-order chi connectivity index (χ1) is 12.1. The molecule has 0 aromatic rings. The van der Waals surface area contributed by atoms with Gasteiger partial charge in [0.15, 0.2) is 5.96 Å². The molecular weight excluding hydrogens is 316 g/mol. The van der Waals surface area contributed by atoms with Crippen LogP contribution in [0.15, 0.2) is 4.99 Å². The summed E-state index contributed by atoms with van der Waals surface area (Å²) in [6.07, 6.45) is 6.29. The average molecular weight is 357 g/mol. The molecule has 1 fully saturated rings. The van der Waals surface area contributed by atoms with E-state index in [1.165, 1.54) is 38.8 Å². The van der Waals surface area contributed by atoms with Crippen LogP contribution < -0.4 is 10.6 Å². The molecule has 0 unspecified atom stereocenters. The second-order valence-corrected chi connectivity index (χ2v) is 7.29. The number of piperidine rings is 1. The van der Waals surface area contributed by atoms with Crippen LogP contribution in [0, 0.1) is 0 Å². The van der Waals surface area contributed by atoms with Crippen molar-refractivity contribution in [1.82, 2.24) is 15.5 Å². The van der Waals surface area contributed by atoms with Crippen LogP contribution in [0.5, 0.6) is 0 Å². The minimum Gasteiger partial charge on any atom is -0.379 e. The molecular formula is C19H40N4O2. The number of likely N-dealkylation sites (tertiary alicyclic amines) is 1. The Morgan fingerprint density at radius 1 is 1.00 bits per heavy atom. The lowest BCUT2D eigenvalue weighted by Crippen LogP contribution is -2.55. The minimum absolute atomic E-state index is 0.143. The Morgan fingerprint density at radius 2 is 1.68 bits per heavy atom. The van der Waals surface area contributed by atoms with Crippen molar-refractivity contribution < 1.29 is 9.47 Å². The Labute approximate surface area is 154 Å². The molecule has 1 aliphatic rings. The molecule has 1 heterocycles. The monoisotopic (exact) mass is 356 g/mol. The van der Waals surface area contributed by atoms with Crippen molar-refractivity contribution in [2.45, 2.75) is 58.4 Å². The summed E-state index contributed by atoms with van der Waals surface area (Å²) in [7, 11) is 1.81. The van der Waals surface area contributed by atoms with Crippen LogP contribution >= 0.6 is 0 Å². The number of ether oxygens (including phenoxy) is 2. The molecule has 2 N–H and O–H groups in total. The number of nitrogens with one attached hydrogen (secondary N) is 2. The van der Waals surface area contributed by atoms with Gasteiger partial charge >= 0.3 is 0 Å². The highest BCUT2D eigenvalue weighted by atomic mass is 16.5. The number of rotatable bonds is 12. The van der Waals surface area contributed by atoms with E-state index in [-0.39, 0.29) is 5.54 Å². The number of aliphatic imine (C=N–C) groups is 1. The SMILES string of the molecule is CCCCOCCOCCNC(=NC)NCC(C)(C)N1CCCCC1. The van der Waals surface area contributed by atoms with Crippen molar-refractivity contribution in [1.29, 1.82) is 0 Å². The lowest BCUT2D eigenvalue weighted by atomic mass is 9.98. The summed E-state index contributed by atoms with van der Waals surface area (Å²) >= 11 is 0. The number of unbranched alkanes of at least 4 members (excludes halogenated alkanes) is 1. The van der Waals surface area contributed by atoms with Crippen LogP contribution in [-0.4, -0.2) is 76.1 Å². The molecule has 1 aliphatic heterocycles. The molecule has 0 saturated carbocycles. The summed E-state index contributed by atoms with van der Waals surface area (Å²) in [4.78, 5) is 6.88. The molecule has 0 spiro atoms. The first-order valence-electron chi connectivity index (χ1n) is 9.95. The summed E-state index contributed by atoms with van der Waals surface area (Å²) in [5.41, 5.74) is 0.143. The second kappa shape index (κ2) is 13.4. The fraction of sp³-hybridized carbons (Fsp3) is 0.947. The van der Waals surface area contributed by atoms with E-state index in [9.17, 15) is 0 Å². The van der Waals surface area contributed by atoms with Gasteiger partial charge in [-0.2, -0.15) is 0 Å². The predicted octanol–water partition coefficient (Wildman–Crippen LogP) is 2.25. The molecule has 0 radical (unpaired) electrons. The van der Waals surface area contributed by atoms with Crippen LogP contribution in [-0.2, 0) is 9.47 Å². The topological polar surface area (TPSA) is 58.1 Å². The standard InChI is InChI=1S/C19H40N4O2/c1-5-6-13-24-15-16-25-14-10-21-18(20-4)22-17-19(2,3)23-11-8-7-9-12-23/h5-17H2,1-4H3,(H2,20,21,22). The Bertz CT molecular complexity index is 355. The highest BCUT2D eigenvalue weighted by Crippen LogP contribution is 2.19. The number of nitrogens with zero attached hydrogens (tertiary/aromatic N) is 2. The zero-order valence-electron chi connectivity index (χ0n) is 16.9. The molecule has 0 bridgehead atoms. The van der Waals surface area contributed by atoms with E-state index in [1.807, 2.05) is 7.05 Å². The van der Waals surface area contributed by atoms with Crippen LogP contribution in [0.3, 0.4) is 0 Å². The normalized spacial score (nSPS) is 16.9. The van der Waals surface area contributed by atoms with Crippen molar-refractivity contribution in [3.8, 4) is 0 Å². The van der Waals surface area contributed by atoms with Gasteiger partial charge in [-0.1, -0.05) is 19.8 Å². The van der Waals surface area contributed by atoms with Crippen LogP contribution in [0.4, 0.5) is 0 Å². The third-order valence-corrected chi connectivity index (χ3v) is 4.68. The fourth-order valence-electron chi connectivity index (χ4n) is 2.94. The Balaban J connectivity index is 2.09. The smallest absolute Gasteiger partial charge is 0.191 e. The molecule has 148 valence electrons. The maximum atomic E-state index is 5.57. The molecule has 6 heteroatoms. The van der Waals surface area contributed by atoms with Gasteiger partial charge in [-0.15, -0.1) is 0 Å². The van der Waals surface area contributed by atoms with E-state index in [2.05, 4.69) is 41.3 Å². The van der Waals surface area contributed by atoms with E-state index in [4.69, 9.17) is 9.47 Å². The molecule has 0 amide bonds. The van der Waals surface area contributed by atoms with Crippen molar-refractivity contribution in [2.24, 2.45) is 4.99 Å². The van der Waals surface area contributed by atoms with Gasteiger partial charge < -0.3 is 20.1 Å². The van der Waals surface area contributed by atoms with Gasteiger partial charge in [0.1, 0.15) is 0 Å². The highest BCUT2D eigenvalue weighted by molar-refractivity contribution is 5.79. The lowest BCUT2D eigenvalue weighted by molar-refractivity contribution is 0.0487. The maximum absolute atomic E-state index is 5.57. The molecule has 0 atom stereocenters. The van der Waals surface area contributed by atoms with Gasteiger partial charge in [-0.25, -0.2) is 0 Å². The van der Waals surface area contributed by atoms with E-state index in [0.717, 1.165) is 32.1 Å². The molecule has 6 nitrogen and oxygen atoms in total. The zero-order chi connectivity index (χ0) is 18.4. The van der Waals surface area contributed by atoms with Crippen LogP contribution in [0.25, 0.3) is 0 Å². The Hall–Kier alpha value is -0.850. The first kappa shape index (κ1) is 22.2. The van der Waals surface area contributed by atoms with Crippen molar-refractivity contribution in [2.75, 3.05) is 59.7 Å². The Kier molecular flexibility index (Phi) is 11.9. The van der Waals surface area contributed by atoms with Crippen LogP contribution in [0.1, 0.15) is 52.9 Å². The van der Waals surface area contributed by atoms with Gasteiger partial charge in [-0.05, 0) is 46.2 Å². The third-order valence-electron chi connectivity index (χ3n) is 4.68. The maximum Gasteiger partial charge on any atom is 0.191 e. The Morgan fingerprint density at radius 3 is 2.32 bits per heavy atom. The van der Waals surface area contributed by atoms with E-state index < -0.39 is 0 Å². The lowest BCUT2D eigenvalue weighted by Gasteiger charge is -2.41. The van der Waals surface area contributed by atoms with Crippen molar-refractivity contribution >= 4 is 5.96 Å². The van der Waals surface area contributed by atoms with Crippen LogP contribution in [0.2, 0.25) is 0 Å². The summed E-state index contributed by atoms with van der Waals surface area (Å²) in [5.74, 6) is 0.841.